The van der Waals surface area contributed by atoms with Crippen molar-refractivity contribution in [2.24, 2.45) is 0 Å². The van der Waals surface area contributed by atoms with Gasteiger partial charge < -0.3 is 10.2 Å². The molecule has 0 aliphatic carbocycles. The van der Waals surface area contributed by atoms with E-state index < -0.39 is 5.41 Å². The molecule has 8 aromatic rings. The monoisotopic (exact) mass is 656 g/mol. The van der Waals surface area contributed by atoms with Crippen molar-refractivity contribution in [1.82, 2.24) is 0 Å². The average molecular weight is 657 g/mol. The molecule has 8 rings (SSSR count). The van der Waals surface area contributed by atoms with Crippen LogP contribution < -0.4 is 0 Å². The molecule has 2 nitrogen and oxygen atoms in total. The molecule has 0 atom stereocenters. The van der Waals surface area contributed by atoms with Crippen LogP contribution in [0, 0.1) is 0 Å². The summed E-state index contributed by atoms with van der Waals surface area (Å²) in [6, 6.07) is 70.1. The van der Waals surface area contributed by atoms with Crippen LogP contribution in [0.4, 0.5) is 0 Å². The molecule has 0 saturated carbocycles. The van der Waals surface area contributed by atoms with Gasteiger partial charge in [-0.25, -0.2) is 0 Å². The quantitative estimate of drug-likeness (QED) is 0.160. The summed E-state index contributed by atoms with van der Waals surface area (Å²) >= 11 is 0. The minimum atomic E-state index is -0.885. The van der Waals surface area contributed by atoms with E-state index in [2.05, 4.69) is 72.8 Å². The molecule has 2 N–H and O–H groups in total. The number of aromatic hydroxyl groups is 2. The summed E-state index contributed by atoms with van der Waals surface area (Å²) < 4.78 is 0. The number of hydrogen-bond donors (Lipinski definition) is 2. The predicted molar refractivity (Wildman–Crippen MR) is 210 cm³/mol. The number of benzene rings is 8. The Morgan fingerprint density at radius 2 is 0.471 bits per heavy atom. The first kappa shape index (κ1) is 31.6. The van der Waals surface area contributed by atoms with Gasteiger partial charge in [0.1, 0.15) is 11.5 Å². The van der Waals surface area contributed by atoms with Crippen LogP contribution in [0.5, 0.6) is 11.5 Å². The standard InChI is InChI=1S/C49H36O2/c50-47-43(35-19-7-1-8-20-35)31-41(32-44(47)36-21-9-2-10-22-36)49(39-27-15-5-16-28-39,40-29-17-6-18-30-40)42-33-45(37-23-11-3-12-24-37)48(51)46(34-42)38-25-13-4-14-26-38/h1-34,50-51H. The minimum absolute atomic E-state index is 0.229. The van der Waals surface area contributed by atoms with Crippen molar-refractivity contribution in [2.75, 3.05) is 0 Å². The van der Waals surface area contributed by atoms with Crippen molar-refractivity contribution < 1.29 is 10.2 Å². The van der Waals surface area contributed by atoms with Crippen LogP contribution in [-0.2, 0) is 5.41 Å². The smallest absolute Gasteiger partial charge is 0.131 e. The predicted octanol–water partition coefficient (Wildman–Crippen LogP) is 12.1. The van der Waals surface area contributed by atoms with E-state index in [-0.39, 0.29) is 11.5 Å². The first-order chi connectivity index (χ1) is 25.1. The average Bonchev–Trinajstić information content (AvgIpc) is 3.21. The Morgan fingerprint density at radius 1 is 0.255 bits per heavy atom. The van der Waals surface area contributed by atoms with E-state index in [9.17, 15) is 10.2 Å². The molecule has 244 valence electrons. The maximum Gasteiger partial charge on any atom is 0.131 e. The molecule has 0 aromatic heterocycles. The van der Waals surface area contributed by atoms with Crippen LogP contribution in [0.2, 0.25) is 0 Å². The van der Waals surface area contributed by atoms with Gasteiger partial charge in [-0.3, -0.25) is 0 Å². The molecular formula is C49H36O2. The SMILES string of the molecule is Oc1c(-c2ccccc2)cc(C(c2ccccc2)(c2ccccc2)c2cc(-c3ccccc3)c(O)c(-c3ccccc3)c2)cc1-c1ccccc1. The summed E-state index contributed by atoms with van der Waals surface area (Å²) in [4.78, 5) is 0. The highest BCUT2D eigenvalue weighted by molar-refractivity contribution is 5.87. The summed E-state index contributed by atoms with van der Waals surface area (Å²) in [6.45, 7) is 0. The highest BCUT2D eigenvalue weighted by Gasteiger charge is 2.40. The van der Waals surface area contributed by atoms with E-state index in [0.29, 0.717) is 0 Å². The molecule has 51 heavy (non-hydrogen) atoms. The topological polar surface area (TPSA) is 40.5 Å². The van der Waals surface area contributed by atoms with E-state index in [1.54, 1.807) is 0 Å². The fourth-order valence-corrected chi connectivity index (χ4v) is 7.43. The molecule has 0 radical (unpaired) electrons. The number of phenols is 2. The highest BCUT2D eigenvalue weighted by atomic mass is 16.3. The largest absolute Gasteiger partial charge is 0.507 e. The van der Waals surface area contributed by atoms with Crippen molar-refractivity contribution in [3.8, 4) is 56.0 Å². The molecule has 0 heterocycles. The fraction of sp³-hybridized carbons (Fsp3) is 0.0204. The van der Waals surface area contributed by atoms with Crippen LogP contribution in [0.15, 0.2) is 206 Å². The molecule has 0 fully saturated rings. The third-order valence-corrected chi connectivity index (χ3v) is 9.84. The van der Waals surface area contributed by atoms with Crippen LogP contribution in [0.1, 0.15) is 22.3 Å². The lowest BCUT2D eigenvalue weighted by molar-refractivity contribution is 0.479. The summed E-state index contributed by atoms with van der Waals surface area (Å²) in [5, 5.41) is 24.2. The van der Waals surface area contributed by atoms with Gasteiger partial charge in [0, 0.05) is 22.3 Å². The van der Waals surface area contributed by atoms with Crippen molar-refractivity contribution in [3.05, 3.63) is 229 Å². The number of rotatable bonds is 8. The van der Waals surface area contributed by atoms with E-state index in [1.165, 1.54) is 0 Å². The van der Waals surface area contributed by atoms with Gasteiger partial charge in [-0.2, -0.15) is 0 Å². The number of phenolic OH excluding ortho intramolecular Hbond substituents is 2. The van der Waals surface area contributed by atoms with Crippen molar-refractivity contribution in [3.63, 3.8) is 0 Å². The Labute approximate surface area is 299 Å². The second-order valence-corrected chi connectivity index (χ2v) is 12.8. The molecule has 0 aliphatic rings. The molecule has 0 bridgehead atoms. The Morgan fingerprint density at radius 3 is 0.706 bits per heavy atom. The second-order valence-electron chi connectivity index (χ2n) is 12.8. The van der Waals surface area contributed by atoms with Crippen LogP contribution in [-0.4, -0.2) is 10.2 Å². The fourth-order valence-electron chi connectivity index (χ4n) is 7.43. The molecule has 8 aromatic carbocycles. The molecular weight excluding hydrogens is 621 g/mol. The highest BCUT2D eigenvalue weighted by Crippen LogP contribution is 2.52. The first-order valence-corrected chi connectivity index (χ1v) is 17.2. The van der Waals surface area contributed by atoms with Gasteiger partial charge in [-0.15, -0.1) is 0 Å². The van der Waals surface area contributed by atoms with Crippen molar-refractivity contribution in [2.45, 2.75) is 5.41 Å². The van der Waals surface area contributed by atoms with Crippen molar-refractivity contribution >= 4 is 0 Å². The van der Waals surface area contributed by atoms with Gasteiger partial charge in [-0.1, -0.05) is 182 Å². The Balaban J connectivity index is 1.56. The number of hydrogen-bond acceptors (Lipinski definition) is 2. The maximum atomic E-state index is 12.1. The summed E-state index contributed by atoms with van der Waals surface area (Å²) in [5.74, 6) is 0.457. The normalized spacial score (nSPS) is 11.3. The van der Waals surface area contributed by atoms with Gasteiger partial charge in [-0.05, 0) is 68.8 Å². The van der Waals surface area contributed by atoms with Gasteiger partial charge in [0.15, 0.2) is 0 Å². The van der Waals surface area contributed by atoms with Gasteiger partial charge in [0.05, 0.1) is 5.41 Å². The third kappa shape index (κ3) is 5.77. The van der Waals surface area contributed by atoms with E-state index in [0.717, 1.165) is 66.8 Å². The van der Waals surface area contributed by atoms with Gasteiger partial charge in [0.25, 0.3) is 0 Å². The molecule has 0 saturated heterocycles. The maximum absolute atomic E-state index is 12.1. The zero-order valence-corrected chi connectivity index (χ0v) is 28.0. The molecule has 0 spiro atoms. The zero-order chi connectivity index (χ0) is 34.6. The lowest BCUT2D eigenvalue weighted by Crippen LogP contribution is -2.31. The Kier molecular flexibility index (Phi) is 8.49. The van der Waals surface area contributed by atoms with E-state index in [4.69, 9.17) is 0 Å². The van der Waals surface area contributed by atoms with Crippen LogP contribution in [0.25, 0.3) is 44.5 Å². The summed E-state index contributed by atoms with van der Waals surface area (Å²) in [6.07, 6.45) is 0. The van der Waals surface area contributed by atoms with Gasteiger partial charge in [0.2, 0.25) is 0 Å². The third-order valence-electron chi connectivity index (χ3n) is 9.84. The van der Waals surface area contributed by atoms with E-state index in [1.807, 2.05) is 133 Å². The first-order valence-electron chi connectivity index (χ1n) is 17.2. The minimum Gasteiger partial charge on any atom is -0.507 e. The van der Waals surface area contributed by atoms with E-state index >= 15 is 0 Å². The van der Waals surface area contributed by atoms with Gasteiger partial charge >= 0.3 is 0 Å². The molecule has 2 heteroatoms. The summed E-state index contributed by atoms with van der Waals surface area (Å²) in [5.41, 5.74) is 9.86. The molecule has 0 amide bonds. The van der Waals surface area contributed by atoms with Crippen LogP contribution >= 0.6 is 0 Å². The molecule has 0 aliphatic heterocycles. The summed E-state index contributed by atoms with van der Waals surface area (Å²) in [7, 11) is 0. The molecule has 0 unspecified atom stereocenters. The van der Waals surface area contributed by atoms with Crippen molar-refractivity contribution in [1.29, 1.82) is 0 Å². The lowest BCUT2D eigenvalue weighted by Gasteiger charge is -2.38. The second kappa shape index (κ2) is 13.7. The Hall–Kier alpha value is -6.64. The van der Waals surface area contributed by atoms with Crippen LogP contribution in [0.3, 0.4) is 0 Å². The lowest BCUT2D eigenvalue weighted by atomic mass is 9.63. The Bertz CT molecular complexity index is 2090. The zero-order valence-electron chi connectivity index (χ0n) is 28.0.